The first-order valence-electron chi connectivity index (χ1n) is 6.62. The summed E-state index contributed by atoms with van der Waals surface area (Å²) in [7, 11) is 0. The van der Waals surface area contributed by atoms with Gasteiger partial charge in [-0.25, -0.2) is 4.79 Å². The zero-order valence-electron chi connectivity index (χ0n) is 10.8. The average Bonchev–Trinajstić information content (AvgIpc) is 2.89. The van der Waals surface area contributed by atoms with E-state index in [0.29, 0.717) is 32.5 Å². The van der Waals surface area contributed by atoms with Gasteiger partial charge in [0, 0.05) is 32.7 Å². The number of carboxylic acids is 1. The quantitative estimate of drug-likeness (QED) is 0.665. The maximum Gasteiger partial charge on any atom is 0.332 e. The van der Waals surface area contributed by atoms with E-state index in [4.69, 9.17) is 14.9 Å². The summed E-state index contributed by atoms with van der Waals surface area (Å²) < 4.78 is 5.27. The van der Waals surface area contributed by atoms with Crippen LogP contribution in [0.5, 0.6) is 0 Å². The maximum atomic E-state index is 12.2. The summed E-state index contributed by atoms with van der Waals surface area (Å²) in [4.78, 5) is 26.8. The molecule has 0 aromatic rings. The van der Waals surface area contributed by atoms with Gasteiger partial charge < -0.3 is 19.8 Å². The molecule has 108 valence electrons. The molecule has 0 aromatic carbocycles. The van der Waals surface area contributed by atoms with Gasteiger partial charge in [-0.15, -0.1) is 0 Å². The summed E-state index contributed by atoms with van der Waals surface area (Å²) in [5, 5.41) is 17.7. The lowest BCUT2D eigenvalue weighted by molar-refractivity contribution is -0.155. The summed E-state index contributed by atoms with van der Waals surface area (Å²) in [5.41, 5.74) is 0. The van der Waals surface area contributed by atoms with Gasteiger partial charge in [0.1, 0.15) is 6.10 Å². The molecule has 2 heterocycles. The van der Waals surface area contributed by atoms with Gasteiger partial charge in [-0.2, -0.15) is 0 Å². The minimum atomic E-state index is -0.997. The highest BCUT2D eigenvalue weighted by Gasteiger charge is 2.37. The summed E-state index contributed by atoms with van der Waals surface area (Å²) in [6, 6.07) is 0. The molecule has 0 spiro atoms. The number of aliphatic carboxylic acids is 1. The van der Waals surface area contributed by atoms with Crippen molar-refractivity contribution in [3.8, 4) is 0 Å². The highest BCUT2D eigenvalue weighted by Crippen LogP contribution is 2.22. The third-order valence-electron chi connectivity index (χ3n) is 3.67. The fourth-order valence-corrected chi connectivity index (χ4v) is 2.54. The summed E-state index contributed by atoms with van der Waals surface area (Å²) in [5.74, 6) is -1.10. The van der Waals surface area contributed by atoms with Gasteiger partial charge in [0.25, 0.3) is 5.91 Å². The number of hydrogen-bond donors (Lipinski definition) is 2. The van der Waals surface area contributed by atoms with Crippen molar-refractivity contribution in [1.29, 1.82) is 0 Å². The Morgan fingerprint density at radius 3 is 2.26 bits per heavy atom. The molecule has 7 heteroatoms. The van der Waals surface area contributed by atoms with Gasteiger partial charge in [-0.05, 0) is 12.8 Å². The lowest BCUT2D eigenvalue weighted by atomic mass is 10.1. The van der Waals surface area contributed by atoms with Crippen LogP contribution in [-0.4, -0.2) is 83.4 Å². The predicted molar refractivity (Wildman–Crippen MR) is 65.6 cm³/mol. The number of rotatable bonds is 4. The van der Waals surface area contributed by atoms with Crippen LogP contribution in [0, 0.1) is 0 Å². The van der Waals surface area contributed by atoms with Crippen molar-refractivity contribution in [2.75, 3.05) is 39.3 Å². The number of aliphatic hydroxyl groups excluding tert-OH is 1. The largest absolute Gasteiger partial charge is 0.479 e. The first-order chi connectivity index (χ1) is 9.11. The second kappa shape index (κ2) is 6.31. The molecule has 0 bridgehead atoms. The molecule has 7 nitrogen and oxygen atoms in total. The smallest absolute Gasteiger partial charge is 0.332 e. The molecule has 0 aromatic heterocycles. The standard InChI is InChI=1S/C12H20N2O5/c15-8-7-13-3-5-14(6-4-13)11(16)9-1-2-10(19-9)12(17)18/h9-10,15H,1-8H2,(H,17,18)/t9-,10+/m0/s1. The number of carbonyl (C=O) groups excluding carboxylic acids is 1. The van der Waals surface area contributed by atoms with Crippen molar-refractivity contribution < 1.29 is 24.5 Å². The maximum absolute atomic E-state index is 12.2. The summed E-state index contributed by atoms with van der Waals surface area (Å²) >= 11 is 0. The van der Waals surface area contributed by atoms with E-state index in [1.54, 1.807) is 4.90 Å². The van der Waals surface area contributed by atoms with Gasteiger partial charge >= 0.3 is 5.97 Å². The molecule has 2 fully saturated rings. The molecule has 2 aliphatic heterocycles. The highest BCUT2D eigenvalue weighted by atomic mass is 16.5. The number of aliphatic hydroxyl groups is 1. The Morgan fingerprint density at radius 2 is 1.74 bits per heavy atom. The lowest BCUT2D eigenvalue weighted by Gasteiger charge is -2.35. The van der Waals surface area contributed by atoms with E-state index < -0.39 is 18.2 Å². The van der Waals surface area contributed by atoms with Crippen LogP contribution in [0.2, 0.25) is 0 Å². The fourth-order valence-electron chi connectivity index (χ4n) is 2.54. The second-order valence-corrected chi connectivity index (χ2v) is 4.92. The molecule has 2 N–H and O–H groups in total. The number of piperazine rings is 1. The number of ether oxygens (including phenoxy) is 1. The normalized spacial score (nSPS) is 28.6. The van der Waals surface area contributed by atoms with E-state index in [0.717, 1.165) is 13.1 Å². The van der Waals surface area contributed by atoms with Crippen LogP contribution in [0.4, 0.5) is 0 Å². The van der Waals surface area contributed by atoms with Crippen LogP contribution in [0.15, 0.2) is 0 Å². The molecule has 0 radical (unpaired) electrons. The van der Waals surface area contributed by atoms with E-state index in [1.807, 2.05) is 0 Å². The van der Waals surface area contributed by atoms with Crippen LogP contribution in [0.3, 0.4) is 0 Å². The molecule has 2 rings (SSSR count). The topological polar surface area (TPSA) is 90.3 Å². The van der Waals surface area contributed by atoms with Crippen LogP contribution in [0.1, 0.15) is 12.8 Å². The monoisotopic (exact) mass is 272 g/mol. The first-order valence-corrected chi connectivity index (χ1v) is 6.62. The zero-order chi connectivity index (χ0) is 13.8. The van der Waals surface area contributed by atoms with E-state index in [9.17, 15) is 9.59 Å². The van der Waals surface area contributed by atoms with Crippen molar-refractivity contribution in [3.05, 3.63) is 0 Å². The predicted octanol–water partition coefficient (Wildman–Crippen LogP) is -1.24. The summed E-state index contributed by atoms with van der Waals surface area (Å²) in [6.07, 6.45) is -0.571. The fraction of sp³-hybridized carbons (Fsp3) is 0.833. The third kappa shape index (κ3) is 3.43. The van der Waals surface area contributed by atoms with E-state index in [1.165, 1.54) is 0 Å². The molecule has 2 saturated heterocycles. The number of hydrogen-bond acceptors (Lipinski definition) is 5. The number of carbonyl (C=O) groups is 2. The van der Waals surface area contributed by atoms with Crippen LogP contribution in [0.25, 0.3) is 0 Å². The number of β-amino-alcohol motifs (C(OH)–C–C–N with tert-alkyl or cyclic N) is 1. The molecule has 0 saturated carbocycles. The average molecular weight is 272 g/mol. The van der Waals surface area contributed by atoms with E-state index in [2.05, 4.69) is 4.90 Å². The Labute approximate surface area is 111 Å². The Balaban J connectivity index is 1.80. The van der Waals surface area contributed by atoms with Crippen LogP contribution < -0.4 is 0 Å². The molecule has 0 unspecified atom stereocenters. The molecule has 1 amide bonds. The lowest BCUT2D eigenvalue weighted by Crippen LogP contribution is -2.52. The minimum absolute atomic E-state index is 0.104. The Hall–Kier alpha value is -1.18. The Bertz CT molecular complexity index is 341. The van der Waals surface area contributed by atoms with Gasteiger partial charge in [-0.3, -0.25) is 9.69 Å². The summed E-state index contributed by atoms with van der Waals surface area (Å²) in [6.45, 7) is 3.44. The van der Waals surface area contributed by atoms with Crippen molar-refractivity contribution in [1.82, 2.24) is 9.80 Å². The van der Waals surface area contributed by atoms with Crippen LogP contribution >= 0.6 is 0 Å². The highest BCUT2D eigenvalue weighted by molar-refractivity contribution is 5.82. The molecule has 0 aliphatic carbocycles. The number of carboxylic acid groups (broad SMARTS) is 1. The molecular formula is C12H20N2O5. The van der Waals surface area contributed by atoms with Crippen LogP contribution in [-0.2, 0) is 14.3 Å². The Morgan fingerprint density at radius 1 is 1.11 bits per heavy atom. The van der Waals surface area contributed by atoms with E-state index in [-0.39, 0.29) is 12.5 Å². The van der Waals surface area contributed by atoms with Crippen molar-refractivity contribution in [2.45, 2.75) is 25.0 Å². The molecule has 19 heavy (non-hydrogen) atoms. The minimum Gasteiger partial charge on any atom is -0.479 e. The first kappa shape index (κ1) is 14.2. The van der Waals surface area contributed by atoms with Crippen molar-refractivity contribution >= 4 is 11.9 Å². The molecular weight excluding hydrogens is 252 g/mol. The zero-order valence-corrected chi connectivity index (χ0v) is 10.8. The number of nitrogens with zero attached hydrogens (tertiary/aromatic N) is 2. The second-order valence-electron chi connectivity index (χ2n) is 4.92. The van der Waals surface area contributed by atoms with Gasteiger partial charge in [0.05, 0.1) is 6.61 Å². The molecule has 2 atom stereocenters. The molecule has 2 aliphatic rings. The number of amides is 1. The van der Waals surface area contributed by atoms with Crippen molar-refractivity contribution in [3.63, 3.8) is 0 Å². The third-order valence-corrected chi connectivity index (χ3v) is 3.67. The SMILES string of the molecule is O=C(O)[C@H]1CC[C@@H](C(=O)N2CCN(CCO)CC2)O1. The van der Waals surface area contributed by atoms with Gasteiger partial charge in [-0.1, -0.05) is 0 Å². The van der Waals surface area contributed by atoms with Crippen molar-refractivity contribution in [2.24, 2.45) is 0 Å². The Kier molecular flexibility index (Phi) is 4.73. The van der Waals surface area contributed by atoms with Gasteiger partial charge in [0.15, 0.2) is 6.10 Å². The van der Waals surface area contributed by atoms with E-state index >= 15 is 0 Å². The van der Waals surface area contributed by atoms with Gasteiger partial charge in [0.2, 0.25) is 0 Å².